The molecule has 0 saturated heterocycles. The van der Waals surface area contributed by atoms with E-state index in [-0.39, 0.29) is 0 Å². The van der Waals surface area contributed by atoms with Crippen molar-refractivity contribution in [2.75, 3.05) is 4.90 Å². The summed E-state index contributed by atoms with van der Waals surface area (Å²) in [7, 11) is 0. The number of aromatic nitrogens is 3. The van der Waals surface area contributed by atoms with E-state index in [0.29, 0.717) is 17.5 Å². The van der Waals surface area contributed by atoms with E-state index in [1.54, 1.807) is 0 Å². The van der Waals surface area contributed by atoms with Crippen LogP contribution in [-0.4, -0.2) is 15.0 Å². The number of hydrogen-bond donors (Lipinski definition) is 0. The third-order valence-electron chi connectivity index (χ3n) is 8.70. The fraction of sp³-hybridized carbons (Fsp3) is 0. The molecule has 2 heterocycles. The lowest BCUT2D eigenvalue weighted by Gasteiger charge is -2.27. The largest absolute Gasteiger partial charge is 0.456 e. The third-order valence-corrected chi connectivity index (χ3v) is 8.70. The standard InChI is InChI=1S/C43H28N4O/c1-4-15-30(16-5-1)41-44-42(31-17-6-2-7-18-31)46-43(45-41)32-26-27-35-39(28-32)48-38-25-13-24-37(40(35)38)47(33-20-8-3-9-21-33)36-23-12-19-29-14-10-11-22-34(29)36/h1-28H. The van der Waals surface area contributed by atoms with Crippen molar-refractivity contribution >= 4 is 49.8 Å². The van der Waals surface area contributed by atoms with Crippen molar-refractivity contribution in [3.63, 3.8) is 0 Å². The Labute approximate surface area is 277 Å². The highest BCUT2D eigenvalue weighted by molar-refractivity contribution is 6.15. The van der Waals surface area contributed by atoms with Gasteiger partial charge in [-0.1, -0.05) is 127 Å². The first-order valence-corrected chi connectivity index (χ1v) is 16.0. The molecular weight excluding hydrogens is 589 g/mol. The molecule has 0 aliphatic heterocycles. The highest BCUT2D eigenvalue weighted by Crippen LogP contribution is 2.45. The third kappa shape index (κ3) is 4.86. The fourth-order valence-electron chi connectivity index (χ4n) is 6.46. The van der Waals surface area contributed by atoms with Crippen LogP contribution in [0.4, 0.5) is 17.1 Å². The summed E-state index contributed by atoms with van der Waals surface area (Å²) in [6, 6.07) is 58.1. The summed E-state index contributed by atoms with van der Waals surface area (Å²) < 4.78 is 6.60. The van der Waals surface area contributed by atoms with Gasteiger partial charge in [0.05, 0.1) is 16.8 Å². The van der Waals surface area contributed by atoms with Gasteiger partial charge >= 0.3 is 0 Å². The zero-order chi connectivity index (χ0) is 31.9. The second-order valence-electron chi connectivity index (χ2n) is 11.7. The van der Waals surface area contributed by atoms with Crippen molar-refractivity contribution in [3.05, 3.63) is 170 Å². The highest BCUT2D eigenvalue weighted by Gasteiger charge is 2.21. The lowest BCUT2D eigenvalue weighted by molar-refractivity contribution is 0.669. The van der Waals surface area contributed by atoms with E-state index in [9.17, 15) is 0 Å². The van der Waals surface area contributed by atoms with E-state index in [2.05, 4.69) is 95.9 Å². The minimum atomic E-state index is 0.590. The molecular formula is C43H28N4O. The van der Waals surface area contributed by atoms with Gasteiger partial charge in [-0.3, -0.25) is 0 Å². The molecule has 7 aromatic carbocycles. The van der Waals surface area contributed by atoms with Crippen LogP contribution in [0.15, 0.2) is 174 Å². The quantitative estimate of drug-likeness (QED) is 0.186. The summed E-state index contributed by atoms with van der Waals surface area (Å²) in [5, 5.41) is 4.42. The van der Waals surface area contributed by atoms with Gasteiger partial charge in [-0.05, 0) is 47.9 Å². The van der Waals surface area contributed by atoms with Crippen LogP contribution in [0.2, 0.25) is 0 Å². The molecule has 0 fully saturated rings. The topological polar surface area (TPSA) is 55.1 Å². The minimum absolute atomic E-state index is 0.590. The Morgan fingerprint density at radius 2 is 0.958 bits per heavy atom. The van der Waals surface area contributed by atoms with Gasteiger partial charge in [-0.15, -0.1) is 0 Å². The lowest BCUT2D eigenvalue weighted by atomic mass is 10.0. The molecule has 0 N–H and O–H groups in total. The Balaban J connectivity index is 1.23. The maximum atomic E-state index is 6.60. The molecule has 226 valence electrons. The van der Waals surface area contributed by atoms with Gasteiger partial charge in [0, 0.05) is 33.2 Å². The molecule has 48 heavy (non-hydrogen) atoms. The average molecular weight is 617 g/mol. The zero-order valence-corrected chi connectivity index (χ0v) is 25.9. The van der Waals surface area contributed by atoms with Crippen LogP contribution < -0.4 is 4.90 Å². The van der Waals surface area contributed by atoms with Crippen LogP contribution in [0.1, 0.15) is 0 Å². The summed E-state index contributed by atoms with van der Waals surface area (Å²) in [5.74, 6) is 1.84. The van der Waals surface area contributed by atoms with Crippen LogP contribution in [0.25, 0.3) is 66.9 Å². The number of benzene rings is 7. The van der Waals surface area contributed by atoms with E-state index >= 15 is 0 Å². The van der Waals surface area contributed by atoms with Crippen LogP contribution in [0.5, 0.6) is 0 Å². The van der Waals surface area contributed by atoms with Crippen LogP contribution in [0, 0.1) is 0 Å². The summed E-state index contributed by atoms with van der Waals surface area (Å²) in [5.41, 5.74) is 7.51. The van der Waals surface area contributed by atoms with Crippen molar-refractivity contribution in [3.8, 4) is 34.2 Å². The zero-order valence-electron chi connectivity index (χ0n) is 25.9. The van der Waals surface area contributed by atoms with Gasteiger partial charge in [0.15, 0.2) is 17.5 Å². The first kappa shape index (κ1) is 27.7. The summed E-state index contributed by atoms with van der Waals surface area (Å²) >= 11 is 0. The Morgan fingerprint density at radius 3 is 1.67 bits per heavy atom. The smallest absolute Gasteiger partial charge is 0.164 e. The predicted octanol–water partition coefficient (Wildman–Crippen LogP) is 11.4. The molecule has 0 saturated carbocycles. The van der Waals surface area contributed by atoms with Crippen molar-refractivity contribution in [1.29, 1.82) is 0 Å². The molecule has 5 nitrogen and oxygen atoms in total. The average Bonchev–Trinajstić information content (AvgIpc) is 3.55. The molecule has 0 bridgehead atoms. The second-order valence-corrected chi connectivity index (χ2v) is 11.7. The highest BCUT2D eigenvalue weighted by atomic mass is 16.3. The van der Waals surface area contributed by atoms with Gasteiger partial charge in [0.25, 0.3) is 0 Å². The molecule has 0 aliphatic rings. The van der Waals surface area contributed by atoms with E-state index in [1.165, 1.54) is 10.8 Å². The van der Waals surface area contributed by atoms with Crippen molar-refractivity contribution < 1.29 is 4.42 Å². The van der Waals surface area contributed by atoms with Crippen LogP contribution in [-0.2, 0) is 0 Å². The fourth-order valence-corrected chi connectivity index (χ4v) is 6.46. The Hall–Kier alpha value is -6.59. The molecule has 5 heteroatoms. The predicted molar refractivity (Wildman–Crippen MR) is 196 cm³/mol. The maximum absolute atomic E-state index is 6.60. The van der Waals surface area contributed by atoms with Crippen molar-refractivity contribution in [2.24, 2.45) is 0 Å². The molecule has 0 atom stereocenters. The van der Waals surface area contributed by atoms with Gasteiger partial charge < -0.3 is 9.32 Å². The first-order valence-electron chi connectivity index (χ1n) is 16.0. The Kier molecular flexibility index (Phi) is 6.72. The van der Waals surface area contributed by atoms with E-state index < -0.39 is 0 Å². The SMILES string of the molecule is c1ccc(-c2nc(-c3ccccc3)nc(-c3ccc4c(c3)oc3cccc(N(c5ccccc5)c5cccc6ccccc56)c34)n2)cc1. The molecule has 9 rings (SSSR count). The lowest BCUT2D eigenvalue weighted by Crippen LogP contribution is -2.10. The van der Waals surface area contributed by atoms with Crippen molar-refractivity contribution in [1.82, 2.24) is 15.0 Å². The molecule has 0 aliphatic carbocycles. The normalized spacial score (nSPS) is 11.3. The van der Waals surface area contributed by atoms with Gasteiger partial charge in [0.2, 0.25) is 0 Å². The Morgan fingerprint density at radius 1 is 0.396 bits per heavy atom. The molecule has 0 radical (unpaired) electrons. The maximum Gasteiger partial charge on any atom is 0.164 e. The van der Waals surface area contributed by atoms with Gasteiger partial charge in [0.1, 0.15) is 11.2 Å². The number of rotatable bonds is 6. The first-order chi connectivity index (χ1) is 23.8. The number of nitrogens with zero attached hydrogens (tertiary/aromatic N) is 4. The molecule has 2 aromatic heterocycles. The summed E-state index contributed by atoms with van der Waals surface area (Å²) in [4.78, 5) is 17.1. The number of furan rings is 1. The summed E-state index contributed by atoms with van der Waals surface area (Å²) in [6.45, 7) is 0. The summed E-state index contributed by atoms with van der Waals surface area (Å²) in [6.07, 6.45) is 0. The molecule has 0 amide bonds. The van der Waals surface area contributed by atoms with E-state index in [1.807, 2.05) is 78.9 Å². The molecule has 0 unspecified atom stereocenters. The second kappa shape index (κ2) is 11.6. The van der Waals surface area contributed by atoms with E-state index in [0.717, 1.165) is 55.7 Å². The van der Waals surface area contributed by atoms with E-state index in [4.69, 9.17) is 19.4 Å². The van der Waals surface area contributed by atoms with Gasteiger partial charge in [-0.25, -0.2) is 15.0 Å². The Bertz CT molecular complexity index is 2500. The molecule has 9 aromatic rings. The number of anilines is 3. The van der Waals surface area contributed by atoms with Crippen LogP contribution >= 0.6 is 0 Å². The van der Waals surface area contributed by atoms with Gasteiger partial charge in [-0.2, -0.15) is 0 Å². The number of fused-ring (bicyclic) bond motifs is 4. The number of para-hydroxylation sites is 1. The monoisotopic (exact) mass is 616 g/mol. The van der Waals surface area contributed by atoms with Crippen molar-refractivity contribution in [2.45, 2.75) is 0 Å². The van der Waals surface area contributed by atoms with Crippen LogP contribution in [0.3, 0.4) is 0 Å². The minimum Gasteiger partial charge on any atom is -0.456 e. The molecule has 0 spiro atoms. The number of hydrogen-bond acceptors (Lipinski definition) is 5.